The number of carbonyl (C=O) groups excluding carboxylic acids is 3. The number of hydrogen-bond donors (Lipinski definition) is 3. The minimum absolute atomic E-state index is 0.0853. The standard InChI is InChI=1S/C29H46N2O6/c1-2-3-4-5-6-7-8-9-10-11-15-19-24(22-26(30)32)37-29(36)25(20-16-21-27(33)34)31-28(35)23-17-13-12-14-18-23/h12-14,17-18,24-25H,2-11,15-16,19-22H2,1H3,(H2,30,32)(H,31,35)(H,33,34)/t24-,25-/m0/s1. The zero-order chi connectivity index (χ0) is 27.3. The fourth-order valence-corrected chi connectivity index (χ4v) is 4.25. The van der Waals surface area contributed by atoms with Crippen molar-refractivity contribution in [2.24, 2.45) is 5.73 Å². The number of amides is 2. The summed E-state index contributed by atoms with van der Waals surface area (Å²) in [6, 6.07) is 7.43. The second-order valence-electron chi connectivity index (χ2n) is 9.73. The Morgan fingerprint density at radius 3 is 1.95 bits per heavy atom. The van der Waals surface area contributed by atoms with Crippen molar-refractivity contribution in [3.8, 4) is 0 Å². The second-order valence-corrected chi connectivity index (χ2v) is 9.73. The van der Waals surface area contributed by atoms with E-state index in [1.54, 1.807) is 30.3 Å². The number of esters is 1. The summed E-state index contributed by atoms with van der Waals surface area (Å²) in [4.78, 5) is 48.0. The molecule has 8 heteroatoms. The van der Waals surface area contributed by atoms with Crippen molar-refractivity contribution >= 4 is 23.8 Å². The number of unbranched alkanes of at least 4 members (excludes halogenated alkanes) is 10. The average molecular weight is 519 g/mol. The molecule has 0 aromatic heterocycles. The van der Waals surface area contributed by atoms with Crippen LogP contribution in [0.2, 0.25) is 0 Å². The quantitative estimate of drug-likeness (QED) is 0.136. The van der Waals surface area contributed by atoms with Gasteiger partial charge in [-0.1, -0.05) is 89.3 Å². The van der Waals surface area contributed by atoms with Gasteiger partial charge in [0.05, 0.1) is 6.42 Å². The minimum Gasteiger partial charge on any atom is -0.481 e. The summed E-state index contributed by atoms with van der Waals surface area (Å²) in [5.74, 6) is -2.67. The molecule has 1 aromatic rings. The first kappa shape index (κ1) is 32.1. The maximum atomic E-state index is 12.9. The van der Waals surface area contributed by atoms with E-state index in [1.165, 1.54) is 51.4 Å². The van der Waals surface area contributed by atoms with Gasteiger partial charge in [-0.05, 0) is 37.8 Å². The first-order valence-corrected chi connectivity index (χ1v) is 13.9. The van der Waals surface area contributed by atoms with Gasteiger partial charge in [-0.15, -0.1) is 0 Å². The zero-order valence-electron chi connectivity index (χ0n) is 22.4. The van der Waals surface area contributed by atoms with Gasteiger partial charge in [0.1, 0.15) is 12.1 Å². The number of carboxylic acid groups (broad SMARTS) is 1. The van der Waals surface area contributed by atoms with Crippen LogP contribution in [-0.2, 0) is 19.1 Å². The number of carbonyl (C=O) groups is 4. The number of ether oxygens (including phenoxy) is 1. The maximum Gasteiger partial charge on any atom is 0.328 e. The van der Waals surface area contributed by atoms with E-state index in [4.69, 9.17) is 15.6 Å². The van der Waals surface area contributed by atoms with Crippen LogP contribution in [0.5, 0.6) is 0 Å². The van der Waals surface area contributed by atoms with Gasteiger partial charge >= 0.3 is 11.9 Å². The van der Waals surface area contributed by atoms with E-state index in [0.29, 0.717) is 12.0 Å². The molecule has 0 saturated heterocycles. The second kappa shape index (κ2) is 20.2. The van der Waals surface area contributed by atoms with Gasteiger partial charge in [-0.3, -0.25) is 14.4 Å². The summed E-state index contributed by atoms with van der Waals surface area (Å²) in [5.41, 5.74) is 5.76. The SMILES string of the molecule is CCCCCCCCCCCCC[C@@H](CC(N)=O)OC(=O)[C@H](CCCC(=O)O)NC(=O)c1ccccc1. The molecule has 0 radical (unpaired) electrons. The molecule has 2 atom stereocenters. The minimum atomic E-state index is -1.01. The highest BCUT2D eigenvalue weighted by molar-refractivity contribution is 5.96. The molecule has 0 heterocycles. The Kier molecular flexibility index (Phi) is 17.5. The molecule has 0 aliphatic rings. The van der Waals surface area contributed by atoms with Crippen molar-refractivity contribution in [2.45, 2.75) is 122 Å². The Balaban J connectivity index is 2.53. The van der Waals surface area contributed by atoms with Crippen LogP contribution in [0.3, 0.4) is 0 Å². The van der Waals surface area contributed by atoms with Crippen molar-refractivity contribution < 1.29 is 29.0 Å². The van der Waals surface area contributed by atoms with Gasteiger partial charge in [0.25, 0.3) is 5.91 Å². The fraction of sp³-hybridized carbons (Fsp3) is 0.655. The Labute approximate surface area is 221 Å². The predicted octanol–water partition coefficient (Wildman–Crippen LogP) is 5.53. The van der Waals surface area contributed by atoms with E-state index in [0.717, 1.165) is 19.3 Å². The summed E-state index contributed by atoms with van der Waals surface area (Å²) in [5, 5.41) is 11.6. The van der Waals surface area contributed by atoms with Crippen molar-refractivity contribution in [2.75, 3.05) is 0 Å². The van der Waals surface area contributed by atoms with E-state index in [2.05, 4.69) is 12.2 Å². The van der Waals surface area contributed by atoms with Crippen LogP contribution in [0.25, 0.3) is 0 Å². The largest absolute Gasteiger partial charge is 0.481 e. The fourth-order valence-electron chi connectivity index (χ4n) is 4.25. The van der Waals surface area contributed by atoms with Gasteiger partial charge in [0.15, 0.2) is 0 Å². The lowest BCUT2D eigenvalue weighted by atomic mass is 10.0. The molecular weight excluding hydrogens is 472 g/mol. The molecule has 8 nitrogen and oxygen atoms in total. The number of aliphatic carboxylic acids is 1. The van der Waals surface area contributed by atoms with Crippen LogP contribution in [0.4, 0.5) is 0 Å². The molecular formula is C29H46N2O6. The van der Waals surface area contributed by atoms with E-state index in [9.17, 15) is 19.2 Å². The lowest BCUT2D eigenvalue weighted by Crippen LogP contribution is -2.43. The van der Waals surface area contributed by atoms with Crippen LogP contribution in [-0.4, -0.2) is 41.0 Å². The Morgan fingerprint density at radius 2 is 1.41 bits per heavy atom. The Bertz CT molecular complexity index is 799. The summed E-state index contributed by atoms with van der Waals surface area (Å²) in [6.07, 6.45) is 13.0. The highest BCUT2D eigenvalue weighted by Gasteiger charge is 2.26. The number of rotatable bonds is 22. The van der Waals surface area contributed by atoms with Crippen LogP contribution in [0.15, 0.2) is 30.3 Å². The highest BCUT2D eigenvalue weighted by atomic mass is 16.5. The Hall–Kier alpha value is -2.90. The normalized spacial score (nSPS) is 12.5. The predicted molar refractivity (Wildman–Crippen MR) is 144 cm³/mol. The third kappa shape index (κ3) is 16.5. The van der Waals surface area contributed by atoms with E-state index in [1.807, 2.05) is 0 Å². The molecule has 37 heavy (non-hydrogen) atoms. The molecule has 4 N–H and O–H groups in total. The third-order valence-corrected chi connectivity index (χ3v) is 6.35. The monoisotopic (exact) mass is 518 g/mol. The van der Waals surface area contributed by atoms with Gasteiger partial charge < -0.3 is 20.9 Å². The van der Waals surface area contributed by atoms with E-state index < -0.39 is 35.9 Å². The summed E-state index contributed by atoms with van der Waals surface area (Å²) >= 11 is 0. The summed E-state index contributed by atoms with van der Waals surface area (Å²) in [7, 11) is 0. The van der Waals surface area contributed by atoms with Crippen molar-refractivity contribution in [3.63, 3.8) is 0 Å². The van der Waals surface area contributed by atoms with Crippen molar-refractivity contribution in [1.29, 1.82) is 0 Å². The van der Waals surface area contributed by atoms with Crippen LogP contribution in [0, 0.1) is 0 Å². The smallest absolute Gasteiger partial charge is 0.328 e. The number of benzene rings is 1. The van der Waals surface area contributed by atoms with Gasteiger partial charge in [0, 0.05) is 12.0 Å². The van der Waals surface area contributed by atoms with Crippen molar-refractivity contribution in [1.82, 2.24) is 5.32 Å². The van der Waals surface area contributed by atoms with Gasteiger partial charge in [0.2, 0.25) is 5.91 Å². The van der Waals surface area contributed by atoms with Crippen LogP contribution >= 0.6 is 0 Å². The molecule has 0 saturated carbocycles. The summed E-state index contributed by atoms with van der Waals surface area (Å²) in [6.45, 7) is 2.22. The lowest BCUT2D eigenvalue weighted by Gasteiger charge is -2.22. The van der Waals surface area contributed by atoms with E-state index in [-0.39, 0.29) is 25.7 Å². The average Bonchev–Trinajstić information content (AvgIpc) is 2.86. The molecule has 0 aliphatic carbocycles. The maximum absolute atomic E-state index is 12.9. The van der Waals surface area contributed by atoms with Crippen molar-refractivity contribution in [3.05, 3.63) is 35.9 Å². The van der Waals surface area contributed by atoms with Gasteiger partial charge in [-0.2, -0.15) is 0 Å². The number of hydrogen-bond acceptors (Lipinski definition) is 5. The van der Waals surface area contributed by atoms with Gasteiger partial charge in [-0.25, -0.2) is 4.79 Å². The Morgan fingerprint density at radius 1 is 0.838 bits per heavy atom. The molecule has 0 bridgehead atoms. The molecule has 0 unspecified atom stereocenters. The molecule has 0 spiro atoms. The topological polar surface area (TPSA) is 136 Å². The molecule has 2 amide bonds. The lowest BCUT2D eigenvalue weighted by molar-refractivity contribution is -0.153. The number of primary amides is 1. The third-order valence-electron chi connectivity index (χ3n) is 6.35. The molecule has 0 aliphatic heterocycles. The first-order chi connectivity index (χ1) is 17.8. The number of carboxylic acids is 1. The summed E-state index contributed by atoms with van der Waals surface area (Å²) < 4.78 is 5.61. The number of nitrogens with two attached hydrogens (primary N) is 1. The van der Waals surface area contributed by atoms with E-state index >= 15 is 0 Å². The molecule has 1 aromatic carbocycles. The molecule has 1 rings (SSSR count). The zero-order valence-corrected chi connectivity index (χ0v) is 22.4. The van der Waals surface area contributed by atoms with Crippen LogP contribution in [0.1, 0.15) is 120 Å². The first-order valence-electron chi connectivity index (χ1n) is 13.9. The number of nitrogens with one attached hydrogen (secondary N) is 1. The van der Waals surface area contributed by atoms with Crippen LogP contribution < -0.4 is 11.1 Å². The molecule has 208 valence electrons. The molecule has 0 fully saturated rings. The highest BCUT2D eigenvalue weighted by Crippen LogP contribution is 2.16.